The van der Waals surface area contributed by atoms with Gasteiger partial charge in [-0.05, 0) is 28.1 Å². The number of oxime groups is 1. The molecule has 1 atom stereocenters. The molecule has 6 nitrogen and oxygen atoms in total. The lowest BCUT2D eigenvalue weighted by Gasteiger charge is -2.06. The second-order valence-electron chi connectivity index (χ2n) is 3.74. The van der Waals surface area contributed by atoms with E-state index in [-0.39, 0.29) is 19.3 Å². The Morgan fingerprint density at radius 1 is 1.61 bits per heavy atom. The molecule has 0 bridgehead atoms. The molecule has 1 aromatic rings. The predicted octanol–water partition coefficient (Wildman–Crippen LogP) is 1.44. The molecule has 0 saturated heterocycles. The number of carboxylic acid groups (broad SMARTS) is 1. The highest BCUT2D eigenvalue weighted by atomic mass is 79.9. The van der Waals surface area contributed by atoms with E-state index in [0.29, 0.717) is 6.42 Å². The van der Waals surface area contributed by atoms with Crippen molar-refractivity contribution in [2.45, 2.75) is 12.5 Å². The normalized spacial score (nSPS) is 18.3. The van der Waals surface area contributed by atoms with Crippen molar-refractivity contribution in [3.63, 3.8) is 0 Å². The molecule has 2 heterocycles. The van der Waals surface area contributed by atoms with Crippen LogP contribution >= 0.6 is 15.9 Å². The molecular weight excluding hydrogens is 304 g/mol. The van der Waals surface area contributed by atoms with Crippen molar-refractivity contribution in [2.75, 3.05) is 13.2 Å². The van der Waals surface area contributed by atoms with Crippen LogP contribution in [0.5, 0.6) is 0 Å². The number of nitrogens with zero attached hydrogens (tertiary/aromatic N) is 2. The fourth-order valence-electron chi connectivity index (χ4n) is 1.49. The van der Waals surface area contributed by atoms with E-state index in [1.54, 1.807) is 6.20 Å². The Bertz CT molecular complexity index is 461. The molecule has 0 spiro atoms. The zero-order valence-electron chi connectivity index (χ0n) is 9.38. The van der Waals surface area contributed by atoms with Crippen LogP contribution in [0.2, 0.25) is 0 Å². The maximum absolute atomic E-state index is 10.3. The van der Waals surface area contributed by atoms with Gasteiger partial charge in [-0.2, -0.15) is 0 Å². The summed E-state index contributed by atoms with van der Waals surface area (Å²) in [5.41, 5.74) is 1.49. The summed E-state index contributed by atoms with van der Waals surface area (Å²) in [5, 5.41) is 12.4. The molecule has 0 unspecified atom stereocenters. The van der Waals surface area contributed by atoms with Gasteiger partial charge in [-0.1, -0.05) is 5.16 Å². The molecule has 96 valence electrons. The average Bonchev–Trinajstić information content (AvgIpc) is 2.78. The van der Waals surface area contributed by atoms with Gasteiger partial charge < -0.3 is 14.7 Å². The van der Waals surface area contributed by atoms with Crippen LogP contribution in [0.4, 0.5) is 0 Å². The summed E-state index contributed by atoms with van der Waals surface area (Å²) in [6.07, 6.45) is 2.00. The predicted molar refractivity (Wildman–Crippen MR) is 66.4 cm³/mol. The molecule has 0 radical (unpaired) electrons. The SMILES string of the molecule is O=C(O)COC[C@@H]1CC(c2ccc(Br)cn2)=NO1. The van der Waals surface area contributed by atoms with Crippen LogP contribution in [0.3, 0.4) is 0 Å². The Morgan fingerprint density at radius 2 is 2.44 bits per heavy atom. The van der Waals surface area contributed by atoms with Crippen LogP contribution in [0, 0.1) is 0 Å². The van der Waals surface area contributed by atoms with Gasteiger partial charge in [-0.25, -0.2) is 4.79 Å². The molecule has 18 heavy (non-hydrogen) atoms. The first-order chi connectivity index (χ1) is 8.65. The smallest absolute Gasteiger partial charge is 0.329 e. The summed E-state index contributed by atoms with van der Waals surface area (Å²) in [4.78, 5) is 19.6. The lowest BCUT2D eigenvalue weighted by Crippen LogP contribution is -2.19. The van der Waals surface area contributed by atoms with E-state index < -0.39 is 5.97 Å². The average molecular weight is 315 g/mol. The quantitative estimate of drug-likeness (QED) is 0.889. The minimum absolute atomic E-state index is 0.204. The zero-order chi connectivity index (χ0) is 13.0. The van der Waals surface area contributed by atoms with Crippen LogP contribution in [0.15, 0.2) is 28.0 Å². The Balaban J connectivity index is 1.84. The van der Waals surface area contributed by atoms with Crippen molar-refractivity contribution in [1.82, 2.24) is 4.98 Å². The van der Waals surface area contributed by atoms with Crippen molar-refractivity contribution in [1.29, 1.82) is 0 Å². The van der Waals surface area contributed by atoms with E-state index in [1.807, 2.05) is 12.1 Å². The Hall–Kier alpha value is -1.47. The maximum Gasteiger partial charge on any atom is 0.329 e. The van der Waals surface area contributed by atoms with E-state index in [0.717, 1.165) is 15.9 Å². The van der Waals surface area contributed by atoms with Gasteiger partial charge in [0.25, 0.3) is 0 Å². The van der Waals surface area contributed by atoms with Crippen LogP contribution in [0.1, 0.15) is 12.1 Å². The van der Waals surface area contributed by atoms with Gasteiger partial charge in [0, 0.05) is 17.1 Å². The number of ether oxygens (including phenoxy) is 1. The van der Waals surface area contributed by atoms with Crippen molar-refractivity contribution >= 4 is 27.6 Å². The third-order valence-electron chi connectivity index (χ3n) is 2.29. The Morgan fingerprint density at radius 3 is 3.11 bits per heavy atom. The van der Waals surface area contributed by atoms with E-state index in [9.17, 15) is 4.79 Å². The molecule has 1 aromatic heterocycles. The van der Waals surface area contributed by atoms with E-state index in [4.69, 9.17) is 14.7 Å². The largest absolute Gasteiger partial charge is 0.480 e. The summed E-state index contributed by atoms with van der Waals surface area (Å²) in [7, 11) is 0. The molecule has 1 N–H and O–H groups in total. The second kappa shape index (κ2) is 5.92. The topological polar surface area (TPSA) is 81.0 Å². The highest BCUT2D eigenvalue weighted by Crippen LogP contribution is 2.17. The number of rotatable bonds is 5. The van der Waals surface area contributed by atoms with Gasteiger partial charge in [0.2, 0.25) is 0 Å². The van der Waals surface area contributed by atoms with Crippen molar-refractivity contribution in [3.8, 4) is 0 Å². The molecule has 0 amide bonds. The van der Waals surface area contributed by atoms with E-state index >= 15 is 0 Å². The van der Waals surface area contributed by atoms with Crippen LogP contribution < -0.4 is 0 Å². The lowest BCUT2D eigenvalue weighted by atomic mass is 10.1. The second-order valence-corrected chi connectivity index (χ2v) is 4.66. The van der Waals surface area contributed by atoms with Crippen molar-refractivity contribution in [3.05, 3.63) is 28.5 Å². The first kappa shape index (κ1) is 13.0. The number of pyridine rings is 1. The summed E-state index contributed by atoms with van der Waals surface area (Å²) in [5.74, 6) is -0.997. The number of hydrogen-bond acceptors (Lipinski definition) is 5. The fraction of sp³-hybridized carbons (Fsp3) is 0.364. The van der Waals surface area contributed by atoms with Crippen LogP contribution in [-0.2, 0) is 14.4 Å². The molecule has 0 aliphatic carbocycles. The molecule has 0 saturated carbocycles. The van der Waals surface area contributed by atoms with Gasteiger partial charge in [-0.3, -0.25) is 4.98 Å². The minimum Gasteiger partial charge on any atom is -0.480 e. The Kier molecular flexibility index (Phi) is 4.27. The number of hydrogen-bond donors (Lipinski definition) is 1. The summed E-state index contributed by atoms with van der Waals surface area (Å²) < 4.78 is 5.85. The number of halogens is 1. The number of aromatic nitrogens is 1. The highest BCUT2D eigenvalue weighted by Gasteiger charge is 2.23. The number of carboxylic acids is 1. The zero-order valence-corrected chi connectivity index (χ0v) is 11.0. The summed E-state index contributed by atoms with van der Waals surface area (Å²) in [6, 6.07) is 3.71. The first-order valence-corrected chi connectivity index (χ1v) is 6.08. The third kappa shape index (κ3) is 3.51. The number of carbonyl (C=O) groups is 1. The minimum atomic E-state index is -0.997. The molecule has 1 aliphatic heterocycles. The highest BCUT2D eigenvalue weighted by molar-refractivity contribution is 9.10. The van der Waals surface area contributed by atoms with E-state index in [1.165, 1.54) is 0 Å². The van der Waals surface area contributed by atoms with E-state index in [2.05, 4.69) is 26.1 Å². The summed E-state index contributed by atoms with van der Waals surface area (Å²) >= 11 is 3.30. The molecule has 0 fully saturated rings. The molecule has 2 rings (SSSR count). The first-order valence-electron chi connectivity index (χ1n) is 5.29. The number of aliphatic carboxylic acids is 1. The lowest BCUT2D eigenvalue weighted by molar-refractivity contribution is -0.143. The fourth-order valence-corrected chi connectivity index (χ4v) is 1.73. The maximum atomic E-state index is 10.3. The monoisotopic (exact) mass is 314 g/mol. The van der Waals surface area contributed by atoms with Gasteiger partial charge >= 0.3 is 5.97 Å². The van der Waals surface area contributed by atoms with Gasteiger partial charge in [-0.15, -0.1) is 0 Å². The Labute approximate surface area is 112 Å². The van der Waals surface area contributed by atoms with Gasteiger partial charge in [0.15, 0.2) is 6.10 Å². The van der Waals surface area contributed by atoms with Gasteiger partial charge in [0.1, 0.15) is 12.3 Å². The van der Waals surface area contributed by atoms with Crippen molar-refractivity contribution in [2.24, 2.45) is 5.16 Å². The molecule has 0 aromatic carbocycles. The molecular formula is C11H11BrN2O4. The van der Waals surface area contributed by atoms with Gasteiger partial charge in [0.05, 0.1) is 12.3 Å². The molecule has 7 heteroatoms. The standard InChI is InChI=1S/C11H11BrN2O4/c12-7-1-2-9(13-4-7)10-3-8(18-14-10)5-17-6-11(15)16/h1-2,4,8H,3,5-6H2,(H,15,16)/t8-/m0/s1. The summed E-state index contributed by atoms with van der Waals surface area (Å²) in [6.45, 7) is -0.123. The third-order valence-corrected chi connectivity index (χ3v) is 2.75. The molecule has 1 aliphatic rings. The van der Waals surface area contributed by atoms with Crippen LogP contribution in [0.25, 0.3) is 0 Å². The van der Waals surface area contributed by atoms with Crippen molar-refractivity contribution < 1.29 is 19.5 Å². The van der Waals surface area contributed by atoms with Crippen LogP contribution in [-0.4, -0.2) is 41.1 Å².